The quantitative estimate of drug-likeness (QED) is 0.570. The average molecular weight is 478 g/mol. The van der Waals surface area contributed by atoms with Gasteiger partial charge in [-0.1, -0.05) is 37.3 Å². The van der Waals surface area contributed by atoms with E-state index in [1.165, 1.54) is 29.2 Å². The maximum absolute atomic E-state index is 13.5. The van der Waals surface area contributed by atoms with Gasteiger partial charge in [0, 0.05) is 13.1 Å². The predicted molar refractivity (Wildman–Crippen MR) is 128 cm³/mol. The number of halogens is 1. The minimum absolute atomic E-state index is 0.0319. The number of hydrogen-bond donors (Lipinski definition) is 1. The van der Waals surface area contributed by atoms with Crippen LogP contribution < -0.4 is 9.62 Å². The van der Waals surface area contributed by atoms with Gasteiger partial charge in [-0.25, -0.2) is 12.8 Å². The van der Waals surface area contributed by atoms with Gasteiger partial charge in [0.25, 0.3) is 0 Å². The SMILES string of the molecule is CCCNC(=O)C(C)N(Cc1ccc(F)cc1)C(=O)CN(c1c(C)cccc1C)S(C)(=O)=O. The van der Waals surface area contributed by atoms with Gasteiger partial charge < -0.3 is 10.2 Å². The lowest BCUT2D eigenvalue weighted by atomic mass is 10.1. The van der Waals surface area contributed by atoms with E-state index in [1.54, 1.807) is 32.9 Å². The highest BCUT2D eigenvalue weighted by Gasteiger charge is 2.31. The van der Waals surface area contributed by atoms with Crippen molar-refractivity contribution in [2.24, 2.45) is 0 Å². The Hall–Kier alpha value is -2.94. The Morgan fingerprint density at radius 2 is 1.64 bits per heavy atom. The third-order valence-corrected chi connectivity index (χ3v) is 6.46. The minimum Gasteiger partial charge on any atom is -0.354 e. The second-order valence-corrected chi connectivity index (χ2v) is 10.0. The number of aryl methyl sites for hydroxylation is 2. The van der Waals surface area contributed by atoms with Crippen LogP contribution in [0.2, 0.25) is 0 Å². The molecule has 2 amide bonds. The molecular weight excluding hydrogens is 445 g/mol. The van der Waals surface area contributed by atoms with Crippen molar-refractivity contribution in [3.05, 3.63) is 65.0 Å². The van der Waals surface area contributed by atoms with E-state index in [2.05, 4.69) is 5.32 Å². The second kappa shape index (κ2) is 11.3. The molecule has 1 atom stereocenters. The molecule has 0 radical (unpaired) electrons. The summed E-state index contributed by atoms with van der Waals surface area (Å²) in [5.74, 6) is -1.29. The molecule has 0 aliphatic heterocycles. The number of nitrogens with zero attached hydrogens (tertiary/aromatic N) is 2. The zero-order valence-electron chi connectivity index (χ0n) is 19.8. The van der Waals surface area contributed by atoms with Crippen LogP contribution >= 0.6 is 0 Å². The molecule has 0 aromatic heterocycles. The van der Waals surface area contributed by atoms with Crippen LogP contribution in [-0.2, 0) is 26.2 Å². The Kier molecular flexibility index (Phi) is 8.99. The summed E-state index contributed by atoms with van der Waals surface area (Å²) in [5.41, 5.74) is 2.50. The van der Waals surface area contributed by atoms with Gasteiger partial charge >= 0.3 is 0 Å². The topological polar surface area (TPSA) is 86.8 Å². The molecule has 0 saturated carbocycles. The van der Waals surface area contributed by atoms with Crippen LogP contribution in [0.3, 0.4) is 0 Å². The molecule has 9 heteroatoms. The van der Waals surface area contributed by atoms with Crippen molar-refractivity contribution >= 4 is 27.5 Å². The molecule has 0 bridgehead atoms. The maximum atomic E-state index is 13.5. The minimum atomic E-state index is -3.79. The van der Waals surface area contributed by atoms with Crippen molar-refractivity contribution in [3.8, 4) is 0 Å². The van der Waals surface area contributed by atoms with Gasteiger partial charge in [-0.3, -0.25) is 13.9 Å². The number of para-hydroxylation sites is 1. The predicted octanol–water partition coefficient (Wildman–Crippen LogP) is 3.15. The van der Waals surface area contributed by atoms with Gasteiger partial charge in [-0.05, 0) is 56.0 Å². The molecule has 2 aromatic rings. The van der Waals surface area contributed by atoms with Gasteiger partial charge in [0.2, 0.25) is 21.8 Å². The van der Waals surface area contributed by atoms with Crippen molar-refractivity contribution in [3.63, 3.8) is 0 Å². The number of nitrogens with one attached hydrogen (secondary N) is 1. The summed E-state index contributed by atoms with van der Waals surface area (Å²) in [4.78, 5) is 27.4. The lowest BCUT2D eigenvalue weighted by Crippen LogP contribution is -2.51. The lowest BCUT2D eigenvalue weighted by Gasteiger charge is -2.32. The Morgan fingerprint density at radius 3 is 2.15 bits per heavy atom. The molecule has 0 heterocycles. The number of carbonyl (C=O) groups is 2. The van der Waals surface area contributed by atoms with Gasteiger partial charge in [0.05, 0.1) is 11.9 Å². The highest BCUT2D eigenvalue weighted by Crippen LogP contribution is 2.27. The first-order chi connectivity index (χ1) is 15.5. The van der Waals surface area contributed by atoms with E-state index in [9.17, 15) is 22.4 Å². The Labute approximate surface area is 195 Å². The molecule has 0 aliphatic rings. The van der Waals surface area contributed by atoms with E-state index in [0.717, 1.165) is 17.0 Å². The molecule has 0 spiro atoms. The summed E-state index contributed by atoms with van der Waals surface area (Å²) in [6.07, 6.45) is 1.78. The molecule has 7 nitrogen and oxygen atoms in total. The summed E-state index contributed by atoms with van der Waals surface area (Å²) < 4.78 is 39.8. The average Bonchev–Trinajstić information content (AvgIpc) is 2.74. The number of amides is 2. The number of rotatable bonds is 10. The summed E-state index contributed by atoms with van der Waals surface area (Å²) >= 11 is 0. The van der Waals surface area contributed by atoms with Crippen LogP contribution in [0.25, 0.3) is 0 Å². The second-order valence-electron chi connectivity index (χ2n) is 8.13. The number of carbonyl (C=O) groups excluding carboxylic acids is 2. The summed E-state index contributed by atoms with van der Waals surface area (Å²) in [6, 6.07) is 10.1. The molecule has 180 valence electrons. The zero-order valence-corrected chi connectivity index (χ0v) is 20.6. The van der Waals surface area contributed by atoms with E-state index in [0.29, 0.717) is 28.9 Å². The maximum Gasteiger partial charge on any atom is 0.244 e. The normalized spacial score (nSPS) is 12.2. The monoisotopic (exact) mass is 477 g/mol. The van der Waals surface area contributed by atoms with Crippen molar-refractivity contribution in [1.82, 2.24) is 10.2 Å². The fourth-order valence-corrected chi connectivity index (χ4v) is 4.50. The number of hydrogen-bond acceptors (Lipinski definition) is 4. The van der Waals surface area contributed by atoms with Crippen LogP contribution in [0, 0.1) is 19.7 Å². The van der Waals surface area contributed by atoms with Crippen LogP contribution in [0.1, 0.15) is 37.0 Å². The van der Waals surface area contributed by atoms with E-state index in [4.69, 9.17) is 0 Å². The number of benzene rings is 2. The summed E-state index contributed by atoms with van der Waals surface area (Å²) in [5, 5.41) is 2.77. The molecule has 0 fully saturated rings. The number of sulfonamides is 1. The van der Waals surface area contributed by atoms with Crippen molar-refractivity contribution in [1.29, 1.82) is 0 Å². The molecule has 1 N–H and O–H groups in total. The number of anilines is 1. The Bertz CT molecular complexity index is 1070. The third-order valence-electron chi connectivity index (χ3n) is 5.35. The van der Waals surface area contributed by atoms with Crippen LogP contribution in [0.15, 0.2) is 42.5 Å². The van der Waals surface area contributed by atoms with Crippen molar-refractivity contribution in [2.45, 2.75) is 46.7 Å². The summed E-state index contributed by atoms with van der Waals surface area (Å²) in [7, 11) is -3.79. The molecular formula is C24H32FN3O4S. The fourth-order valence-electron chi connectivity index (χ4n) is 3.54. The van der Waals surface area contributed by atoms with Gasteiger partial charge in [-0.2, -0.15) is 0 Å². The first-order valence-electron chi connectivity index (χ1n) is 10.8. The van der Waals surface area contributed by atoms with E-state index in [-0.39, 0.29) is 12.5 Å². The van der Waals surface area contributed by atoms with E-state index < -0.39 is 34.3 Å². The molecule has 0 saturated heterocycles. The largest absolute Gasteiger partial charge is 0.354 e. The summed E-state index contributed by atoms with van der Waals surface area (Å²) in [6.45, 7) is 7.10. The molecule has 0 aliphatic carbocycles. The van der Waals surface area contributed by atoms with Crippen molar-refractivity contribution in [2.75, 3.05) is 23.7 Å². The first kappa shape index (κ1) is 26.3. The van der Waals surface area contributed by atoms with E-state index in [1.807, 2.05) is 13.0 Å². The lowest BCUT2D eigenvalue weighted by molar-refractivity contribution is -0.139. The Balaban J connectivity index is 2.42. The molecule has 2 rings (SSSR count). The van der Waals surface area contributed by atoms with Crippen molar-refractivity contribution < 1.29 is 22.4 Å². The van der Waals surface area contributed by atoms with Crippen LogP contribution in [0.4, 0.5) is 10.1 Å². The standard InChI is InChI=1S/C24H32FN3O4S/c1-6-14-26-24(30)19(4)27(15-20-10-12-21(25)13-11-20)22(29)16-28(33(5,31)32)23-17(2)8-7-9-18(23)3/h7-13,19H,6,14-16H2,1-5H3,(H,26,30). The van der Waals surface area contributed by atoms with Gasteiger partial charge in [-0.15, -0.1) is 0 Å². The van der Waals surface area contributed by atoms with Gasteiger partial charge in [0.15, 0.2) is 0 Å². The zero-order chi connectivity index (χ0) is 24.8. The fraction of sp³-hybridized carbons (Fsp3) is 0.417. The van der Waals surface area contributed by atoms with Gasteiger partial charge in [0.1, 0.15) is 18.4 Å². The van der Waals surface area contributed by atoms with E-state index >= 15 is 0 Å². The molecule has 33 heavy (non-hydrogen) atoms. The van der Waals surface area contributed by atoms with Crippen LogP contribution in [0.5, 0.6) is 0 Å². The molecule has 2 aromatic carbocycles. The molecule has 1 unspecified atom stereocenters. The third kappa shape index (κ3) is 7.02. The van der Waals surface area contributed by atoms with Crippen LogP contribution in [-0.4, -0.2) is 50.5 Å². The smallest absolute Gasteiger partial charge is 0.244 e. The Morgan fingerprint density at radius 1 is 1.06 bits per heavy atom. The highest BCUT2D eigenvalue weighted by atomic mass is 32.2. The highest BCUT2D eigenvalue weighted by molar-refractivity contribution is 7.92. The first-order valence-corrected chi connectivity index (χ1v) is 12.7.